The molecule has 0 radical (unpaired) electrons. The minimum Gasteiger partial charge on any atom is -0.481 e. The highest BCUT2D eigenvalue weighted by atomic mass is 32.2. The Hall–Kier alpha value is -3.37. The number of allylic oxidation sites excluding steroid dienone is 8. The van der Waals surface area contributed by atoms with Crippen LogP contribution < -0.4 is 5.73 Å². The van der Waals surface area contributed by atoms with Gasteiger partial charge < -0.3 is 15.6 Å². The van der Waals surface area contributed by atoms with Crippen LogP contribution in [0.2, 0.25) is 0 Å². The van der Waals surface area contributed by atoms with Gasteiger partial charge in [0, 0.05) is 16.8 Å². The molecular formula is C31H39N3O3S. The SMILES string of the molecule is C=C(S/C=C(\C)CC(C)(C)C(=O)O)C(C)(C=O)c1c(C)nc(C2=CCC(C)C(C)=C2/C=C\C#CC)nc1N. The fraction of sp³-hybridized carbons (Fsp3) is 0.419. The second kappa shape index (κ2) is 12.4. The lowest BCUT2D eigenvalue weighted by atomic mass is 9.82. The van der Waals surface area contributed by atoms with Gasteiger partial charge in [-0.25, -0.2) is 9.97 Å². The van der Waals surface area contributed by atoms with Crippen molar-refractivity contribution in [2.45, 2.75) is 73.6 Å². The van der Waals surface area contributed by atoms with Crippen molar-refractivity contribution in [3.63, 3.8) is 0 Å². The molecule has 1 aromatic heterocycles. The quantitative estimate of drug-likeness (QED) is 0.252. The van der Waals surface area contributed by atoms with Gasteiger partial charge in [-0.1, -0.05) is 36.6 Å². The molecule has 38 heavy (non-hydrogen) atoms. The summed E-state index contributed by atoms with van der Waals surface area (Å²) in [6, 6.07) is 0. The van der Waals surface area contributed by atoms with E-state index in [2.05, 4.69) is 43.3 Å². The number of carbonyl (C=O) groups is 2. The number of aryl methyl sites for hydroxylation is 1. The highest BCUT2D eigenvalue weighted by Gasteiger charge is 2.36. The van der Waals surface area contributed by atoms with E-state index in [1.54, 1.807) is 27.7 Å². The maximum Gasteiger partial charge on any atom is 0.309 e. The molecule has 1 aliphatic carbocycles. The summed E-state index contributed by atoms with van der Waals surface area (Å²) >= 11 is 1.29. The lowest BCUT2D eigenvalue weighted by Crippen LogP contribution is -2.29. The summed E-state index contributed by atoms with van der Waals surface area (Å²) in [6.07, 6.45) is 8.01. The van der Waals surface area contributed by atoms with Crippen molar-refractivity contribution in [1.82, 2.24) is 9.97 Å². The molecule has 6 nitrogen and oxygen atoms in total. The fourth-order valence-electron chi connectivity index (χ4n) is 4.43. The molecular weight excluding hydrogens is 494 g/mol. The van der Waals surface area contributed by atoms with Crippen molar-refractivity contribution in [3.8, 4) is 11.8 Å². The zero-order chi connectivity index (χ0) is 28.8. The largest absolute Gasteiger partial charge is 0.481 e. The average molecular weight is 534 g/mol. The summed E-state index contributed by atoms with van der Waals surface area (Å²) in [7, 11) is 0. The van der Waals surface area contributed by atoms with Crippen LogP contribution in [0.15, 0.2) is 51.8 Å². The second-order valence-corrected chi connectivity index (χ2v) is 11.6. The van der Waals surface area contributed by atoms with Gasteiger partial charge in [0.1, 0.15) is 12.1 Å². The van der Waals surface area contributed by atoms with E-state index in [9.17, 15) is 14.7 Å². The van der Waals surface area contributed by atoms with E-state index in [1.165, 1.54) is 17.3 Å². The van der Waals surface area contributed by atoms with Gasteiger partial charge in [0.2, 0.25) is 0 Å². The van der Waals surface area contributed by atoms with Gasteiger partial charge in [-0.3, -0.25) is 4.79 Å². The molecule has 0 amide bonds. The molecule has 0 saturated carbocycles. The number of carbonyl (C=O) groups excluding carboxylic acids is 1. The molecule has 2 rings (SSSR count). The summed E-state index contributed by atoms with van der Waals surface area (Å²) in [6.45, 7) is 19.1. The summed E-state index contributed by atoms with van der Waals surface area (Å²) in [4.78, 5) is 34.0. The number of rotatable bonds is 10. The Morgan fingerprint density at radius 2 is 1.97 bits per heavy atom. The molecule has 0 spiro atoms. The normalized spacial score (nSPS) is 17.9. The number of hydrogen-bond acceptors (Lipinski definition) is 6. The third kappa shape index (κ3) is 6.73. The molecule has 1 aromatic rings. The monoisotopic (exact) mass is 533 g/mol. The van der Waals surface area contributed by atoms with Gasteiger partial charge >= 0.3 is 5.97 Å². The first-order valence-electron chi connectivity index (χ1n) is 12.6. The van der Waals surface area contributed by atoms with E-state index in [1.807, 2.05) is 31.4 Å². The lowest BCUT2D eigenvalue weighted by molar-refractivity contribution is -0.146. The number of carboxylic acid groups (broad SMARTS) is 1. The van der Waals surface area contributed by atoms with E-state index >= 15 is 0 Å². The number of nitrogen functional groups attached to an aromatic ring is 1. The molecule has 2 unspecified atom stereocenters. The Labute approximate surface area is 231 Å². The van der Waals surface area contributed by atoms with Gasteiger partial charge in [-0.05, 0) is 95.3 Å². The molecule has 0 fully saturated rings. The fourth-order valence-corrected chi connectivity index (χ4v) is 5.25. The van der Waals surface area contributed by atoms with Crippen LogP contribution >= 0.6 is 11.8 Å². The Bertz CT molecular complexity index is 1300. The highest BCUT2D eigenvalue weighted by molar-refractivity contribution is 8.05. The molecule has 1 heterocycles. The van der Waals surface area contributed by atoms with E-state index in [0.717, 1.165) is 29.4 Å². The first-order chi connectivity index (χ1) is 17.7. The van der Waals surface area contributed by atoms with E-state index < -0.39 is 16.8 Å². The molecule has 3 N–H and O–H groups in total. The van der Waals surface area contributed by atoms with Crippen molar-refractivity contribution in [1.29, 1.82) is 0 Å². The standard InChI is InChI=1S/C31H39N3O3S/c1-10-11-12-13-24-21(4)20(3)14-15-25(24)28-33-22(5)26(27(32)34-28)31(9,18-35)23(6)38-17-19(2)16-30(7,8)29(36)37/h12-13,15,17-18,20H,6,14,16H2,1-5,7-9H3,(H,36,37)(H2,32,33,34)/b13-12-,19-17+. The number of hydrogen-bond donors (Lipinski definition) is 2. The summed E-state index contributed by atoms with van der Waals surface area (Å²) in [5.74, 6) is 6.11. The number of nitrogens with two attached hydrogens (primary N) is 1. The first kappa shape index (κ1) is 30.9. The summed E-state index contributed by atoms with van der Waals surface area (Å²) in [5, 5.41) is 11.3. The highest BCUT2D eigenvalue weighted by Crippen LogP contribution is 2.42. The third-order valence-electron chi connectivity index (χ3n) is 7.00. The molecule has 202 valence electrons. The zero-order valence-corrected chi connectivity index (χ0v) is 24.5. The maximum atomic E-state index is 12.5. The maximum absolute atomic E-state index is 12.5. The summed E-state index contributed by atoms with van der Waals surface area (Å²) < 4.78 is 0. The number of carboxylic acids is 1. The van der Waals surface area contributed by atoms with Crippen molar-refractivity contribution in [2.24, 2.45) is 11.3 Å². The van der Waals surface area contributed by atoms with Crippen molar-refractivity contribution in [2.75, 3.05) is 5.73 Å². The number of thioether (sulfide) groups is 1. The van der Waals surface area contributed by atoms with E-state index in [4.69, 9.17) is 10.7 Å². The Kier molecular flexibility index (Phi) is 10.1. The predicted molar refractivity (Wildman–Crippen MR) is 158 cm³/mol. The molecule has 0 aromatic carbocycles. The van der Waals surface area contributed by atoms with Gasteiger partial charge in [-0.15, -0.1) is 17.7 Å². The average Bonchev–Trinajstić information content (AvgIpc) is 2.84. The number of anilines is 1. The van der Waals surface area contributed by atoms with Gasteiger partial charge in [0.15, 0.2) is 5.82 Å². The third-order valence-corrected chi connectivity index (χ3v) is 8.23. The predicted octanol–water partition coefficient (Wildman–Crippen LogP) is 6.79. The minimum absolute atomic E-state index is 0.227. The number of aliphatic carboxylic acids is 1. The number of aromatic nitrogens is 2. The molecule has 0 aliphatic heterocycles. The van der Waals surface area contributed by atoms with Crippen LogP contribution in [-0.2, 0) is 15.0 Å². The topological polar surface area (TPSA) is 106 Å². The zero-order valence-electron chi connectivity index (χ0n) is 23.7. The van der Waals surface area contributed by atoms with Gasteiger partial charge in [-0.2, -0.15) is 0 Å². The number of nitrogens with zero attached hydrogens (tertiary/aromatic N) is 2. The van der Waals surface area contributed by atoms with Crippen molar-refractivity contribution >= 4 is 35.4 Å². The molecule has 2 atom stereocenters. The van der Waals surface area contributed by atoms with Crippen molar-refractivity contribution in [3.05, 3.63) is 68.9 Å². The number of aldehydes is 1. The van der Waals surface area contributed by atoms with Crippen molar-refractivity contribution < 1.29 is 14.7 Å². The first-order valence-corrected chi connectivity index (χ1v) is 13.4. The van der Waals surface area contributed by atoms with Crippen LogP contribution in [0.25, 0.3) is 5.57 Å². The van der Waals surface area contributed by atoms with Crippen LogP contribution in [0.1, 0.15) is 78.4 Å². The Morgan fingerprint density at radius 3 is 2.53 bits per heavy atom. The molecule has 7 heteroatoms. The molecule has 0 bridgehead atoms. The minimum atomic E-state index is -1.14. The van der Waals surface area contributed by atoms with Crippen LogP contribution in [0, 0.1) is 30.1 Å². The van der Waals surface area contributed by atoms with Gasteiger partial charge in [0.05, 0.1) is 10.8 Å². The smallest absolute Gasteiger partial charge is 0.309 e. The lowest BCUT2D eigenvalue weighted by Gasteiger charge is -2.28. The van der Waals surface area contributed by atoms with Crippen LogP contribution in [0.3, 0.4) is 0 Å². The summed E-state index contributed by atoms with van der Waals surface area (Å²) in [5.41, 5.74) is 9.63. The second-order valence-electron chi connectivity index (χ2n) is 10.7. The Morgan fingerprint density at radius 1 is 1.32 bits per heavy atom. The van der Waals surface area contributed by atoms with E-state index in [-0.39, 0.29) is 5.82 Å². The Balaban J connectivity index is 2.46. The van der Waals surface area contributed by atoms with E-state index in [0.29, 0.717) is 34.3 Å². The molecule has 0 saturated heterocycles. The molecule has 1 aliphatic rings. The van der Waals surface area contributed by atoms with Gasteiger partial charge in [0.25, 0.3) is 0 Å². The van der Waals surface area contributed by atoms with Crippen LogP contribution in [0.5, 0.6) is 0 Å². The van der Waals surface area contributed by atoms with Crippen LogP contribution in [-0.4, -0.2) is 27.3 Å². The van der Waals surface area contributed by atoms with Crippen LogP contribution in [0.4, 0.5) is 5.82 Å².